The van der Waals surface area contributed by atoms with Crippen molar-refractivity contribution >= 4 is 5.91 Å². The van der Waals surface area contributed by atoms with E-state index in [1.54, 1.807) is 24.1 Å². The van der Waals surface area contributed by atoms with Crippen LogP contribution in [0.3, 0.4) is 0 Å². The van der Waals surface area contributed by atoms with Gasteiger partial charge in [-0.1, -0.05) is 5.16 Å². The lowest BCUT2D eigenvalue weighted by molar-refractivity contribution is 0.0702. The fourth-order valence-electron chi connectivity index (χ4n) is 2.22. The summed E-state index contributed by atoms with van der Waals surface area (Å²) in [5.41, 5.74) is 0.811. The molecule has 0 N–H and O–H groups in total. The summed E-state index contributed by atoms with van der Waals surface area (Å²) in [7, 11) is 1.61. The summed E-state index contributed by atoms with van der Waals surface area (Å²) in [5.74, 6) is 1.65. The van der Waals surface area contributed by atoms with E-state index in [4.69, 9.17) is 13.7 Å². The summed E-state index contributed by atoms with van der Waals surface area (Å²) in [6.45, 7) is 2.60. The Kier molecular flexibility index (Phi) is 4.60. The van der Waals surface area contributed by atoms with Crippen molar-refractivity contribution in [1.29, 1.82) is 0 Å². The molecule has 0 aliphatic carbocycles. The van der Waals surface area contributed by atoms with Crippen molar-refractivity contribution in [2.75, 3.05) is 13.7 Å². The number of aromatic nitrogens is 2. The minimum Gasteiger partial charge on any atom is -0.497 e. The van der Waals surface area contributed by atoms with Gasteiger partial charge in [-0.3, -0.25) is 4.79 Å². The summed E-state index contributed by atoms with van der Waals surface area (Å²) in [6.07, 6.45) is 1.47. The zero-order valence-electron chi connectivity index (χ0n) is 13.4. The molecule has 0 saturated carbocycles. The SMILES string of the molecule is CCN(Cc1nc(-c2ccc(OC)cc2)no1)C(=O)c1ccco1. The van der Waals surface area contributed by atoms with Crippen molar-refractivity contribution in [3.05, 3.63) is 54.3 Å². The number of ether oxygens (including phenoxy) is 1. The topological polar surface area (TPSA) is 81.6 Å². The van der Waals surface area contributed by atoms with Crippen LogP contribution in [0.4, 0.5) is 0 Å². The Morgan fingerprint density at radius 1 is 1.25 bits per heavy atom. The quantitative estimate of drug-likeness (QED) is 0.692. The molecule has 124 valence electrons. The predicted molar refractivity (Wildman–Crippen MR) is 85.4 cm³/mol. The Hall–Kier alpha value is -3.09. The molecule has 2 aromatic heterocycles. The number of hydrogen-bond donors (Lipinski definition) is 0. The summed E-state index contributed by atoms with van der Waals surface area (Å²) in [4.78, 5) is 18.2. The van der Waals surface area contributed by atoms with Gasteiger partial charge in [-0.05, 0) is 43.3 Å². The van der Waals surface area contributed by atoms with Gasteiger partial charge in [0, 0.05) is 12.1 Å². The fourth-order valence-corrected chi connectivity index (χ4v) is 2.22. The lowest BCUT2D eigenvalue weighted by Gasteiger charge is -2.16. The number of rotatable bonds is 6. The molecule has 0 atom stereocenters. The van der Waals surface area contributed by atoms with Gasteiger partial charge in [0.1, 0.15) is 12.3 Å². The highest BCUT2D eigenvalue weighted by atomic mass is 16.5. The number of methoxy groups -OCH3 is 1. The summed E-state index contributed by atoms with van der Waals surface area (Å²) >= 11 is 0. The van der Waals surface area contributed by atoms with E-state index in [1.165, 1.54) is 6.26 Å². The second-order valence-corrected chi connectivity index (χ2v) is 5.04. The number of amides is 1. The molecule has 0 fully saturated rings. The van der Waals surface area contributed by atoms with Crippen molar-refractivity contribution in [2.24, 2.45) is 0 Å². The molecule has 3 aromatic rings. The van der Waals surface area contributed by atoms with Gasteiger partial charge in [0.05, 0.1) is 13.4 Å². The lowest BCUT2D eigenvalue weighted by Crippen LogP contribution is -2.30. The molecule has 7 nitrogen and oxygen atoms in total. The molecule has 3 rings (SSSR count). The van der Waals surface area contributed by atoms with Crippen LogP contribution in [-0.4, -0.2) is 34.6 Å². The molecule has 0 saturated heterocycles. The zero-order valence-corrected chi connectivity index (χ0v) is 13.4. The van der Waals surface area contributed by atoms with E-state index in [0.29, 0.717) is 18.3 Å². The van der Waals surface area contributed by atoms with Gasteiger partial charge in [0.25, 0.3) is 5.91 Å². The van der Waals surface area contributed by atoms with Crippen LogP contribution in [0, 0.1) is 0 Å². The zero-order chi connectivity index (χ0) is 16.9. The second kappa shape index (κ2) is 6.99. The average molecular weight is 327 g/mol. The highest BCUT2D eigenvalue weighted by Gasteiger charge is 2.20. The maximum Gasteiger partial charge on any atom is 0.290 e. The molecule has 0 spiro atoms. The average Bonchev–Trinajstić information content (AvgIpc) is 3.31. The van der Waals surface area contributed by atoms with Gasteiger partial charge in [0.2, 0.25) is 11.7 Å². The van der Waals surface area contributed by atoms with Crippen molar-refractivity contribution in [3.8, 4) is 17.1 Å². The molecule has 7 heteroatoms. The molecule has 1 amide bonds. The summed E-state index contributed by atoms with van der Waals surface area (Å²) in [6, 6.07) is 10.6. The molecular formula is C17H17N3O4. The van der Waals surface area contributed by atoms with Crippen LogP contribution in [0.1, 0.15) is 23.4 Å². The van der Waals surface area contributed by atoms with Crippen molar-refractivity contribution in [2.45, 2.75) is 13.5 Å². The van der Waals surface area contributed by atoms with Crippen LogP contribution in [0.15, 0.2) is 51.6 Å². The van der Waals surface area contributed by atoms with Crippen LogP contribution in [-0.2, 0) is 6.54 Å². The summed E-state index contributed by atoms with van der Waals surface area (Å²) in [5, 5.41) is 3.96. The first-order valence-corrected chi connectivity index (χ1v) is 7.51. The Bertz CT molecular complexity index is 794. The van der Waals surface area contributed by atoms with Crippen LogP contribution in [0.2, 0.25) is 0 Å². The van der Waals surface area contributed by atoms with E-state index in [-0.39, 0.29) is 18.2 Å². The van der Waals surface area contributed by atoms with Crippen molar-refractivity contribution in [3.63, 3.8) is 0 Å². The third-order valence-corrected chi connectivity index (χ3v) is 3.54. The molecule has 0 unspecified atom stereocenters. The molecule has 2 heterocycles. The number of benzene rings is 1. The summed E-state index contributed by atoms with van der Waals surface area (Å²) < 4.78 is 15.5. The van der Waals surface area contributed by atoms with Crippen LogP contribution in [0.5, 0.6) is 5.75 Å². The standard InChI is InChI=1S/C17H17N3O4/c1-3-20(17(21)14-5-4-10-23-14)11-15-18-16(19-24-15)12-6-8-13(22-2)9-7-12/h4-10H,3,11H2,1-2H3. The third-order valence-electron chi connectivity index (χ3n) is 3.54. The Morgan fingerprint density at radius 2 is 2.04 bits per heavy atom. The molecule has 1 aromatic carbocycles. The third kappa shape index (κ3) is 3.29. The molecule has 0 bridgehead atoms. The molecule has 0 aliphatic rings. The molecule has 0 radical (unpaired) electrons. The maximum absolute atomic E-state index is 12.3. The van der Waals surface area contributed by atoms with Crippen LogP contribution >= 0.6 is 0 Å². The minimum absolute atomic E-state index is 0.216. The van der Waals surface area contributed by atoms with Gasteiger partial charge >= 0.3 is 0 Å². The number of hydrogen-bond acceptors (Lipinski definition) is 6. The molecular weight excluding hydrogens is 310 g/mol. The molecule has 0 aliphatic heterocycles. The number of carbonyl (C=O) groups excluding carboxylic acids is 1. The van der Waals surface area contributed by atoms with E-state index >= 15 is 0 Å². The number of furan rings is 1. The first-order valence-electron chi connectivity index (χ1n) is 7.51. The number of nitrogens with zero attached hydrogens (tertiary/aromatic N) is 3. The highest BCUT2D eigenvalue weighted by Crippen LogP contribution is 2.20. The number of carbonyl (C=O) groups is 1. The Morgan fingerprint density at radius 3 is 2.67 bits per heavy atom. The van der Waals surface area contributed by atoms with E-state index in [9.17, 15) is 4.79 Å². The van der Waals surface area contributed by atoms with Crippen molar-refractivity contribution in [1.82, 2.24) is 15.0 Å². The van der Waals surface area contributed by atoms with E-state index in [2.05, 4.69) is 10.1 Å². The highest BCUT2D eigenvalue weighted by molar-refractivity contribution is 5.91. The molecule has 24 heavy (non-hydrogen) atoms. The van der Waals surface area contributed by atoms with Gasteiger partial charge in [-0.2, -0.15) is 4.98 Å². The van der Waals surface area contributed by atoms with E-state index in [0.717, 1.165) is 11.3 Å². The monoisotopic (exact) mass is 327 g/mol. The Balaban J connectivity index is 1.73. The largest absolute Gasteiger partial charge is 0.497 e. The van der Waals surface area contributed by atoms with Crippen LogP contribution in [0.25, 0.3) is 11.4 Å². The first kappa shape index (κ1) is 15.8. The van der Waals surface area contributed by atoms with E-state index in [1.807, 2.05) is 31.2 Å². The first-order chi connectivity index (χ1) is 11.7. The Labute approximate surface area is 138 Å². The van der Waals surface area contributed by atoms with Gasteiger partial charge in [-0.15, -0.1) is 0 Å². The van der Waals surface area contributed by atoms with E-state index < -0.39 is 0 Å². The minimum atomic E-state index is -0.216. The van der Waals surface area contributed by atoms with Crippen LogP contribution < -0.4 is 4.74 Å². The second-order valence-electron chi connectivity index (χ2n) is 5.04. The maximum atomic E-state index is 12.3. The van der Waals surface area contributed by atoms with Gasteiger partial charge in [-0.25, -0.2) is 0 Å². The normalized spacial score (nSPS) is 10.6. The predicted octanol–water partition coefficient (Wildman–Crippen LogP) is 3.00. The van der Waals surface area contributed by atoms with Crippen molar-refractivity contribution < 1.29 is 18.5 Å². The van der Waals surface area contributed by atoms with Gasteiger partial charge < -0.3 is 18.6 Å². The fraction of sp³-hybridized carbons (Fsp3) is 0.235. The smallest absolute Gasteiger partial charge is 0.290 e. The van der Waals surface area contributed by atoms with Gasteiger partial charge in [0.15, 0.2) is 5.76 Å². The lowest BCUT2D eigenvalue weighted by atomic mass is 10.2.